The average Bonchev–Trinajstić information content (AvgIpc) is 3.14. The van der Waals surface area contributed by atoms with Gasteiger partial charge in [-0.25, -0.2) is 4.98 Å². The van der Waals surface area contributed by atoms with E-state index in [4.69, 9.17) is 14.5 Å². The lowest BCUT2D eigenvalue weighted by atomic mass is 9.90. The van der Waals surface area contributed by atoms with Crippen LogP contribution in [0, 0.1) is 12.8 Å². The van der Waals surface area contributed by atoms with Gasteiger partial charge in [0.15, 0.2) is 4.96 Å². The van der Waals surface area contributed by atoms with Crippen LogP contribution >= 0.6 is 11.3 Å². The van der Waals surface area contributed by atoms with Crippen molar-refractivity contribution in [2.24, 2.45) is 5.92 Å². The average molecular weight is 428 g/mol. The maximum absolute atomic E-state index is 12.4. The molecule has 1 aromatic carbocycles. The Labute approximate surface area is 181 Å². The number of aryl methyl sites for hydroxylation is 2. The summed E-state index contributed by atoms with van der Waals surface area (Å²) in [5.41, 5.74) is 3.12. The molecule has 3 aromatic rings. The van der Waals surface area contributed by atoms with E-state index in [1.807, 2.05) is 18.4 Å². The van der Waals surface area contributed by atoms with Gasteiger partial charge in [0, 0.05) is 29.8 Å². The van der Waals surface area contributed by atoms with Gasteiger partial charge in [-0.2, -0.15) is 0 Å². The van der Waals surface area contributed by atoms with Crippen LogP contribution in [-0.2, 0) is 13.0 Å². The highest BCUT2D eigenvalue weighted by molar-refractivity contribution is 7.15. The number of methoxy groups -OCH3 is 2. The maximum atomic E-state index is 12.4. The third-order valence-electron chi connectivity index (χ3n) is 5.97. The normalized spacial score (nSPS) is 15.6. The first-order valence-electron chi connectivity index (χ1n) is 10.5. The van der Waals surface area contributed by atoms with Crippen LogP contribution in [0.4, 0.5) is 0 Å². The largest absolute Gasteiger partial charge is 0.497 e. The number of aromatic nitrogens is 2. The lowest BCUT2D eigenvalue weighted by molar-refractivity contribution is 0.171. The molecule has 30 heavy (non-hydrogen) atoms. The van der Waals surface area contributed by atoms with Crippen molar-refractivity contribution in [2.45, 2.75) is 39.2 Å². The van der Waals surface area contributed by atoms with Gasteiger partial charge in [0.2, 0.25) is 0 Å². The third kappa shape index (κ3) is 4.68. The molecule has 0 saturated carbocycles. The maximum Gasteiger partial charge on any atom is 0.259 e. The van der Waals surface area contributed by atoms with Crippen LogP contribution in [0.15, 0.2) is 34.4 Å². The number of hydrogen-bond acceptors (Lipinski definition) is 6. The molecule has 1 fully saturated rings. The highest BCUT2D eigenvalue weighted by atomic mass is 32.1. The molecule has 0 amide bonds. The molecule has 6 nitrogen and oxygen atoms in total. The van der Waals surface area contributed by atoms with E-state index < -0.39 is 0 Å². The van der Waals surface area contributed by atoms with Crippen LogP contribution in [0.2, 0.25) is 0 Å². The second kappa shape index (κ2) is 9.18. The van der Waals surface area contributed by atoms with Crippen molar-refractivity contribution in [3.8, 4) is 11.5 Å². The molecule has 1 saturated heterocycles. The minimum absolute atomic E-state index is 0.0253. The summed E-state index contributed by atoms with van der Waals surface area (Å²) in [4.78, 5) is 20.3. The molecule has 7 heteroatoms. The van der Waals surface area contributed by atoms with Gasteiger partial charge in [0.05, 0.1) is 19.9 Å². The van der Waals surface area contributed by atoms with Gasteiger partial charge in [0.25, 0.3) is 5.56 Å². The zero-order valence-electron chi connectivity index (χ0n) is 17.9. The lowest BCUT2D eigenvalue weighted by Crippen LogP contribution is -2.34. The van der Waals surface area contributed by atoms with Crippen molar-refractivity contribution in [3.05, 3.63) is 57.0 Å². The van der Waals surface area contributed by atoms with E-state index in [1.165, 1.54) is 36.2 Å². The fourth-order valence-corrected chi connectivity index (χ4v) is 5.12. The first kappa shape index (κ1) is 20.9. The van der Waals surface area contributed by atoms with Crippen molar-refractivity contribution < 1.29 is 9.47 Å². The minimum atomic E-state index is 0.0253. The highest BCUT2D eigenvalue weighted by Gasteiger charge is 2.20. The molecule has 3 heterocycles. The van der Waals surface area contributed by atoms with Crippen LogP contribution in [-0.4, -0.2) is 41.6 Å². The van der Waals surface area contributed by atoms with Crippen molar-refractivity contribution in [2.75, 3.05) is 27.3 Å². The predicted molar refractivity (Wildman–Crippen MR) is 120 cm³/mol. The monoisotopic (exact) mass is 427 g/mol. The van der Waals surface area contributed by atoms with Crippen LogP contribution < -0.4 is 15.0 Å². The molecule has 1 aliphatic rings. The molecule has 2 aromatic heterocycles. The fourth-order valence-electron chi connectivity index (χ4n) is 4.23. The number of likely N-dealkylation sites (tertiary alicyclic amines) is 1. The Bertz CT molecular complexity index is 1040. The van der Waals surface area contributed by atoms with Crippen molar-refractivity contribution in [1.82, 2.24) is 14.3 Å². The number of ether oxygens (including phenoxy) is 2. The summed E-state index contributed by atoms with van der Waals surface area (Å²) in [7, 11) is 3.38. The summed E-state index contributed by atoms with van der Waals surface area (Å²) in [6.45, 7) is 4.80. The molecule has 0 N–H and O–H groups in total. The molecule has 0 spiro atoms. The SMILES string of the molecule is COc1cc(CCC2CCN(Cc3cc(=O)n4c(C)csc4n3)CC2)cc(OC)c1. The molecule has 0 atom stereocenters. The van der Waals surface area contributed by atoms with Gasteiger partial charge in [-0.1, -0.05) is 0 Å². The minimum Gasteiger partial charge on any atom is -0.497 e. The van der Waals surface area contributed by atoms with E-state index >= 15 is 0 Å². The van der Waals surface area contributed by atoms with E-state index in [2.05, 4.69) is 17.0 Å². The van der Waals surface area contributed by atoms with Gasteiger partial charge in [-0.3, -0.25) is 14.1 Å². The highest BCUT2D eigenvalue weighted by Crippen LogP contribution is 2.27. The molecule has 0 bridgehead atoms. The quantitative estimate of drug-likeness (QED) is 0.572. The zero-order valence-corrected chi connectivity index (χ0v) is 18.7. The number of thiazole rings is 1. The van der Waals surface area contributed by atoms with E-state index in [0.29, 0.717) is 0 Å². The number of benzene rings is 1. The first-order chi connectivity index (χ1) is 14.6. The molecule has 0 unspecified atom stereocenters. The first-order valence-corrected chi connectivity index (χ1v) is 11.3. The topological polar surface area (TPSA) is 56.1 Å². The van der Waals surface area contributed by atoms with Crippen molar-refractivity contribution in [1.29, 1.82) is 0 Å². The number of nitrogens with zero attached hydrogens (tertiary/aromatic N) is 3. The second-order valence-corrected chi connectivity index (χ2v) is 8.90. The van der Waals surface area contributed by atoms with Gasteiger partial charge in [0.1, 0.15) is 11.5 Å². The number of rotatable bonds is 7. The Morgan fingerprint density at radius 3 is 2.47 bits per heavy atom. The summed E-state index contributed by atoms with van der Waals surface area (Å²) < 4.78 is 12.4. The number of piperidine rings is 1. The molecule has 1 aliphatic heterocycles. The summed E-state index contributed by atoms with van der Waals surface area (Å²) >= 11 is 1.53. The number of hydrogen-bond donors (Lipinski definition) is 0. The molecule has 0 aliphatic carbocycles. The van der Waals surface area contributed by atoms with Crippen LogP contribution in [0.1, 0.15) is 36.2 Å². The Morgan fingerprint density at radius 1 is 1.10 bits per heavy atom. The molecule has 160 valence electrons. The van der Waals surface area contributed by atoms with Gasteiger partial charge in [-0.05, 0) is 69.3 Å². The van der Waals surface area contributed by atoms with Crippen LogP contribution in [0.25, 0.3) is 4.96 Å². The number of fused-ring (bicyclic) bond motifs is 1. The summed E-state index contributed by atoms with van der Waals surface area (Å²) in [6.07, 6.45) is 4.57. The summed E-state index contributed by atoms with van der Waals surface area (Å²) in [5, 5.41) is 1.98. The van der Waals surface area contributed by atoms with Gasteiger partial charge < -0.3 is 9.47 Å². The second-order valence-electron chi connectivity index (χ2n) is 8.06. The van der Waals surface area contributed by atoms with E-state index in [9.17, 15) is 4.79 Å². The van der Waals surface area contributed by atoms with E-state index in [1.54, 1.807) is 24.7 Å². The van der Waals surface area contributed by atoms with Crippen molar-refractivity contribution >= 4 is 16.3 Å². The molecular weight excluding hydrogens is 398 g/mol. The summed E-state index contributed by atoms with van der Waals surface area (Å²) in [6, 6.07) is 7.81. The van der Waals surface area contributed by atoms with Gasteiger partial charge in [-0.15, -0.1) is 11.3 Å². The van der Waals surface area contributed by atoms with Gasteiger partial charge >= 0.3 is 0 Å². The van der Waals surface area contributed by atoms with E-state index in [-0.39, 0.29) is 5.56 Å². The fraction of sp³-hybridized carbons (Fsp3) is 0.478. The Morgan fingerprint density at radius 2 is 1.80 bits per heavy atom. The van der Waals surface area contributed by atoms with Crippen molar-refractivity contribution in [3.63, 3.8) is 0 Å². The summed E-state index contributed by atoms with van der Waals surface area (Å²) in [5.74, 6) is 2.42. The molecule has 4 rings (SSSR count). The zero-order chi connectivity index (χ0) is 21.1. The smallest absolute Gasteiger partial charge is 0.259 e. The predicted octanol–water partition coefficient (Wildman–Crippen LogP) is 3.93. The Hall–Kier alpha value is -2.38. The third-order valence-corrected chi connectivity index (χ3v) is 6.92. The standard InChI is InChI=1S/C23H29N3O3S/c1-16-15-30-23-24-19(12-22(27)26(16)23)14-25-8-6-17(7-9-25)4-5-18-10-20(28-2)13-21(11-18)29-3/h10-13,15,17H,4-9,14H2,1-3H3. The van der Waals surface area contributed by atoms with Crippen LogP contribution in [0.5, 0.6) is 11.5 Å². The van der Waals surface area contributed by atoms with Crippen LogP contribution in [0.3, 0.4) is 0 Å². The Balaban J connectivity index is 1.31. The molecular formula is C23H29N3O3S. The lowest BCUT2D eigenvalue weighted by Gasteiger charge is -2.31. The molecule has 0 radical (unpaired) electrons. The van der Waals surface area contributed by atoms with E-state index in [0.717, 1.165) is 59.8 Å². The Kier molecular flexibility index (Phi) is 6.39.